The molecule has 0 saturated carbocycles. The van der Waals surface area contributed by atoms with Crippen molar-refractivity contribution in [3.05, 3.63) is 28.3 Å². The Kier molecular flexibility index (Phi) is 3.53. The number of hydrogen-bond donors (Lipinski definition) is 2. The molecule has 0 bridgehead atoms. The van der Waals surface area contributed by atoms with Gasteiger partial charge < -0.3 is 11.1 Å². The van der Waals surface area contributed by atoms with Crippen LogP contribution in [0.4, 0.5) is 5.69 Å². The van der Waals surface area contributed by atoms with E-state index in [0.29, 0.717) is 21.9 Å². The summed E-state index contributed by atoms with van der Waals surface area (Å²) >= 11 is 1.27. The molecule has 0 aliphatic rings. The molecule has 2 rings (SSSR count). The van der Waals surface area contributed by atoms with Crippen LogP contribution in [-0.4, -0.2) is 22.6 Å². The lowest BCUT2D eigenvalue weighted by atomic mass is 10.1. The second-order valence-corrected chi connectivity index (χ2v) is 5.57. The summed E-state index contributed by atoms with van der Waals surface area (Å²) in [5.41, 5.74) is 9.24. The maximum atomic E-state index is 12.1. The molecule has 1 amide bonds. The number of aromatic nitrogens is 2. The minimum atomic E-state index is -0.194. The summed E-state index contributed by atoms with van der Waals surface area (Å²) < 4.78 is 0. The van der Waals surface area contributed by atoms with E-state index in [1.54, 1.807) is 0 Å². The normalized spacial score (nSPS) is 10.7. The monoisotopic (exact) mass is 276 g/mol. The van der Waals surface area contributed by atoms with E-state index in [1.807, 2.05) is 20.8 Å². The van der Waals surface area contributed by atoms with Gasteiger partial charge in [-0.3, -0.25) is 4.79 Å². The minimum Gasteiger partial charge on any atom is -0.397 e. The van der Waals surface area contributed by atoms with Gasteiger partial charge in [0, 0.05) is 11.9 Å². The summed E-state index contributed by atoms with van der Waals surface area (Å²) in [6.45, 7) is 9.85. The highest BCUT2D eigenvalue weighted by Gasteiger charge is 2.19. The van der Waals surface area contributed by atoms with Crippen LogP contribution in [0.25, 0.3) is 10.2 Å². The molecule has 6 heteroatoms. The Labute approximate surface area is 115 Å². The maximum Gasteiger partial charge on any atom is 0.263 e. The van der Waals surface area contributed by atoms with Gasteiger partial charge in [-0.05, 0) is 26.3 Å². The number of amides is 1. The van der Waals surface area contributed by atoms with Crippen molar-refractivity contribution in [2.75, 3.05) is 12.3 Å². The molecule has 2 heterocycles. The van der Waals surface area contributed by atoms with Crippen molar-refractivity contribution in [2.45, 2.75) is 20.8 Å². The third-order valence-corrected chi connectivity index (χ3v) is 3.98. The van der Waals surface area contributed by atoms with Gasteiger partial charge >= 0.3 is 0 Å². The van der Waals surface area contributed by atoms with Gasteiger partial charge in [0.15, 0.2) is 0 Å². The molecule has 19 heavy (non-hydrogen) atoms. The van der Waals surface area contributed by atoms with Gasteiger partial charge in [0.25, 0.3) is 5.91 Å². The second kappa shape index (κ2) is 4.97. The number of thiophene rings is 1. The summed E-state index contributed by atoms with van der Waals surface area (Å²) in [7, 11) is 0. The van der Waals surface area contributed by atoms with Crippen molar-refractivity contribution in [2.24, 2.45) is 0 Å². The van der Waals surface area contributed by atoms with Crippen molar-refractivity contribution < 1.29 is 4.79 Å². The number of nitrogens with two attached hydrogens (primary N) is 1. The van der Waals surface area contributed by atoms with Crippen molar-refractivity contribution in [1.29, 1.82) is 0 Å². The van der Waals surface area contributed by atoms with Crippen LogP contribution in [0.2, 0.25) is 0 Å². The van der Waals surface area contributed by atoms with Crippen LogP contribution in [0.15, 0.2) is 12.2 Å². The van der Waals surface area contributed by atoms with E-state index in [0.717, 1.165) is 22.2 Å². The molecule has 0 atom stereocenters. The Hall–Kier alpha value is -1.95. The third-order valence-electron chi connectivity index (χ3n) is 2.89. The molecular weight excluding hydrogens is 260 g/mol. The lowest BCUT2D eigenvalue weighted by Gasteiger charge is -2.03. The smallest absolute Gasteiger partial charge is 0.263 e. The van der Waals surface area contributed by atoms with Gasteiger partial charge in [0.2, 0.25) is 0 Å². The Bertz CT molecular complexity index is 675. The fourth-order valence-corrected chi connectivity index (χ4v) is 2.74. The molecule has 3 N–H and O–H groups in total. The Balaban J connectivity index is 2.45. The van der Waals surface area contributed by atoms with Gasteiger partial charge in [-0.1, -0.05) is 12.2 Å². The number of nitrogens with zero attached hydrogens (tertiary/aromatic N) is 2. The van der Waals surface area contributed by atoms with Gasteiger partial charge in [-0.25, -0.2) is 0 Å². The molecule has 0 aliphatic carbocycles. The quantitative estimate of drug-likeness (QED) is 0.842. The molecule has 0 aromatic carbocycles. The zero-order valence-corrected chi connectivity index (χ0v) is 12.0. The summed E-state index contributed by atoms with van der Waals surface area (Å²) in [4.78, 5) is 13.2. The van der Waals surface area contributed by atoms with E-state index in [4.69, 9.17) is 5.73 Å². The van der Waals surface area contributed by atoms with Crippen molar-refractivity contribution in [3.63, 3.8) is 0 Å². The van der Waals surface area contributed by atoms with Crippen molar-refractivity contribution >= 4 is 33.1 Å². The van der Waals surface area contributed by atoms with Crippen LogP contribution in [0.1, 0.15) is 27.9 Å². The molecule has 0 unspecified atom stereocenters. The first-order valence-electron chi connectivity index (χ1n) is 5.86. The largest absolute Gasteiger partial charge is 0.397 e. The van der Waals surface area contributed by atoms with E-state index in [2.05, 4.69) is 22.1 Å². The van der Waals surface area contributed by atoms with E-state index in [1.165, 1.54) is 11.3 Å². The van der Waals surface area contributed by atoms with Crippen molar-refractivity contribution in [1.82, 2.24) is 15.5 Å². The van der Waals surface area contributed by atoms with E-state index in [9.17, 15) is 4.79 Å². The predicted molar refractivity (Wildman–Crippen MR) is 78.4 cm³/mol. The zero-order chi connectivity index (χ0) is 14.2. The van der Waals surface area contributed by atoms with E-state index in [-0.39, 0.29) is 5.91 Å². The third kappa shape index (κ3) is 2.44. The number of nitrogens with one attached hydrogen (secondary N) is 1. The minimum absolute atomic E-state index is 0.194. The summed E-state index contributed by atoms with van der Waals surface area (Å²) in [6, 6.07) is 0. The molecule has 0 spiro atoms. The highest BCUT2D eigenvalue weighted by Crippen LogP contribution is 2.34. The summed E-state index contributed by atoms with van der Waals surface area (Å²) in [5, 5.41) is 11.8. The number of anilines is 1. The predicted octanol–water partition coefficient (Wildman–Crippen LogP) is 2.20. The first kappa shape index (κ1) is 13.5. The molecule has 0 radical (unpaired) electrons. The fourth-order valence-electron chi connectivity index (χ4n) is 1.72. The average Bonchev–Trinajstić information content (AvgIpc) is 2.69. The first-order valence-corrected chi connectivity index (χ1v) is 6.68. The topological polar surface area (TPSA) is 80.9 Å². The molecule has 0 aliphatic heterocycles. The van der Waals surface area contributed by atoms with E-state index >= 15 is 0 Å². The number of rotatable bonds is 3. The number of carbonyl (C=O) groups excluding carboxylic acids is 1. The molecule has 0 saturated heterocycles. The Morgan fingerprint density at radius 3 is 2.74 bits per heavy atom. The molecule has 100 valence electrons. The van der Waals surface area contributed by atoms with Crippen LogP contribution in [-0.2, 0) is 0 Å². The Morgan fingerprint density at radius 1 is 1.42 bits per heavy atom. The number of fused-ring (bicyclic) bond motifs is 1. The lowest BCUT2D eigenvalue weighted by molar-refractivity contribution is 0.0962. The van der Waals surface area contributed by atoms with Gasteiger partial charge in [-0.15, -0.1) is 16.4 Å². The zero-order valence-electron chi connectivity index (χ0n) is 11.2. The van der Waals surface area contributed by atoms with Gasteiger partial charge in [0.1, 0.15) is 9.71 Å². The molecule has 5 nitrogen and oxygen atoms in total. The van der Waals surface area contributed by atoms with Crippen LogP contribution < -0.4 is 11.1 Å². The highest BCUT2D eigenvalue weighted by molar-refractivity contribution is 7.21. The van der Waals surface area contributed by atoms with Crippen molar-refractivity contribution in [3.8, 4) is 0 Å². The van der Waals surface area contributed by atoms with Crippen LogP contribution in [0.3, 0.4) is 0 Å². The number of aryl methyl sites for hydroxylation is 2. The lowest BCUT2D eigenvalue weighted by Crippen LogP contribution is -2.24. The summed E-state index contributed by atoms with van der Waals surface area (Å²) in [5.74, 6) is -0.194. The highest BCUT2D eigenvalue weighted by atomic mass is 32.1. The molecule has 0 fully saturated rings. The molecule has 2 aromatic rings. The molecule has 2 aromatic heterocycles. The number of carbonyl (C=O) groups is 1. The maximum absolute atomic E-state index is 12.1. The van der Waals surface area contributed by atoms with Gasteiger partial charge in [-0.2, -0.15) is 5.10 Å². The second-order valence-electron chi connectivity index (χ2n) is 4.58. The fraction of sp³-hybridized carbons (Fsp3) is 0.308. The van der Waals surface area contributed by atoms with Crippen LogP contribution >= 0.6 is 11.3 Å². The average molecular weight is 276 g/mol. The van der Waals surface area contributed by atoms with Gasteiger partial charge in [0.05, 0.1) is 11.4 Å². The van der Waals surface area contributed by atoms with Crippen LogP contribution in [0, 0.1) is 13.8 Å². The van der Waals surface area contributed by atoms with E-state index < -0.39 is 0 Å². The number of nitrogen functional groups attached to an aromatic ring is 1. The van der Waals surface area contributed by atoms with Crippen LogP contribution in [0.5, 0.6) is 0 Å². The summed E-state index contributed by atoms with van der Waals surface area (Å²) in [6.07, 6.45) is 0. The first-order chi connectivity index (χ1) is 8.91. The standard InChI is InChI=1S/C13H16N4OS/c1-6(2)5-15-12(18)11-10(14)9-7(3)8(4)16-17-13(9)19-11/h1,5,14H2,2-4H3,(H,15,18). The molecular formula is C13H16N4OS. The Morgan fingerprint density at radius 2 is 2.11 bits per heavy atom. The number of hydrogen-bond acceptors (Lipinski definition) is 5. The SMILES string of the molecule is C=C(C)CNC(=O)c1sc2nnc(C)c(C)c2c1N.